The average molecular weight is 304 g/mol. The van der Waals surface area contributed by atoms with Crippen molar-refractivity contribution in [3.05, 3.63) is 29.2 Å². The number of ether oxygens (including phenoxy) is 3. The Balaban J connectivity index is 2.44. The van der Waals surface area contributed by atoms with Gasteiger partial charge in [0.2, 0.25) is 0 Å². The Labute approximate surface area is 126 Å². The van der Waals surface area contributed by atoms with E-state index in [1.54, 1.807) is 26.1 Å². The highest BCUT2D eigenvalue weighted by Gasteiger charge is 2.40. The lowest BCUT2D eigenvalue weighted by Crippen LogP contribution is -2.36. The number of hydrogen-bond donors (Lipinski definition) is 0. The SMILES string of the molecule is COC(OC)c1cc2cnc(C=O)c3c2n1C(=O)OC3(C)C. The van der Waals surface area contributed by atoms with E-state index in [0.29, 0.717) is 23.1 Å². The van der Waals surface area contributed by atoms with E-state index in [1.807, 2.05) is 0 Å². The van der Waals surface area contributed by atoms with Crippen molar-refractivity contribution in [3.63, 3.8) is 0 Å². The highest BCUT2D eigenvalue weighted by molar-refractivity contribution is 5.98. The van der Waals surface area contributed by atoms with Crippen LogP contribution in [-0.4, -0.2) is 36.2 Å². The minimum absolute atomic E-state index is 0.252. The van der Waals surface area contributed by atoms with Crippen LogP contribution in [0.2, 0.25) is 0 Å². The van der Waals surface area contributed by atoms with Crippen LogP contribution in [0.3, 0.4) is 0 Å². The summed E-state index contributed by atoms with van der Waals surface area (Å²) in [6, 6.07) is 1.75. The predicted octanol–water partition coefficient (Wildman–Crippen LogP) is 2.37. The Hall–Kier alpha value is -2.25. The van der Waals surface area contributed by atoms with Crippen molar-refractivity contribution in [3.8, 4) is 0 Å². The Kier molecular flexibility index (Phi) is 3.26. The molecule has 116 valence electrons. The summed E-state index contributed by atoms with van der Waals surface area (Å²) >= 11 is 0. The van der Waals surface area contributed by atoms with Gasteiger partial charge in [-0.15, -0.1) is 0 Å². The van der Waals surface area contributed by atoms with Gasteiger partial charge in [0.15, 0.2) is 12.6 Å². The molecule has 7 heteroatoms. The first-order valence-corrected chi connectivity index (χ1v) is 6.73. The van der Waals surface area contributed by atoms with E-state index in [1.165, 1.54) is 18.8 Å². The molecule has 3 heterocycles. The first-order chi connectivity index (χ1) is 10.4. The third-order valence-electron chi connectivity index (χ3n) is 3.80. The van der Waals surface area contributed by atoms with Crippen molar-refractivity contribution in [1.29, 1.82) is 0 Å². The van der Waals surface area contributed by atoms with Crippen molar-refractivity contribution in [2.45, 2.75) is 25.7 Å². The van der Waals surface area contributed by atoms with Gasteiger partial charge < -0.3 is 14.2 Å². The second-order valence-corrected chi connectivity index (χ2v) is 5.53. The number of aldehydes is 1. The van der Waals surface area contributed by atoms with Crippen molar-refractivity contribution in [1.82, 2.24) is 9.55 Å². The summed E-state index contributed by atoms with van der Waals surface area (Å²) in [6.45, 7) is 3.46. The zero-order valence-electron chi connectivity index (χ0n) is 12.7. The number of carbonyl (C=O) groups excluding carboxylic acids is 2. The lowest BCUT2D eigenvalue weighted by atomic mass is 9.94. The molecule has 0 bridgehead atoms. The molecule has 2 aromatic heterocycles. The zero-order valence-corrected chi connectivity index (χ0v) is 12.7. The Morgan fingerprint density at radius 3 is 2.64 bits per heavy atom. The topological polar surface area (TPSA) is 79.7 Å². The molecule has 0 N–H and O–H groups in total. The smallest absolute Gasteiger partial charge is 0.419 e. The molecule has 0 aliphatic carbocycles. The van der Waals surface area contributed by atoms with Crippen molar-refractivity contribution in [2.24, 2.45) is 0 Å². The van der Waals surface area contributed by atoms with Gasteiger partial charge in [-0.3, -0.25) is 9.78 Å². The van der Waals surface area contributed by atoms with Crippen LogP contribution in [0.25, 0.3) is 10.9 Å². The summed E-state index contributed by atoms with van der Waals surface area (Å²) in [5.74, 6) is 0. The second kappa shape index (κ2) is 4.89. The minimum Gasteiger partial charge on any atom is -0.438 e. The molecular formula is C15H16N2O5. The first-order valence-electron chi connectivity index (χ1n) is 6.73. The second-order valence-electron chi connectivity index (χ2n) is 5.53. The van der Waals surface area contributed by atoms with E-state index in [-0.39, 0.29) is 5.69 Å². The van der Waals surface area contributed by atoms with Gasteiger partial charge in [-0.1, -0.05) is 0 Å². The molecule has 0 saturated heterocycles. The number of hydrogen-bond acceptors (Lipinski definition) is 6. The van der Waals surface area contributed by atoms with Gasteiger partial charge in [-0.25, -0.2) is 9.36 Å². The van der Waals surface area contributed by atoms with E-state index in [4.69, 9.17) is 14.2 Å². The molecule has 7 nitrogen and oxygen atoms in total. The van der Waals surface area contributed by atoms with Gasteiger partial charge in [-0.05, 0) is 19.9 Å². The minimum atomic E-state index is -0.943. The summed E-state index contributed by atoms with van der Waals surface area (Å²) in [5, 5.41) is 0.722. The van der Waals surface area contributed by atoms with Crippen LogP contribution in [0, 0.1) is 0 Å². The molecule has 2 aromatic rings. The predicted molar refractivity (Wildman–Crippen MR) is 76.8 cm³/mol. The highest BCUT2D eigenvalue weighted by Crippen LogP contribution is 2.40. The zero-order chi connectivity index (χ0) is 16.1. The van der Waals surface area contributed by atoms with Crippen LogP contribution in [0.1, 0.15) is 41.9 Å². The fourth-order valence-electron chi connectivity index (χ4n) is 2.94. The lowest BCUT2D eigenvalue weighted by molar-refractivity contribution is -0.110. The van der Waals surface area contributed by atoms with Gasteiger partial charge in [0, 0.05) is 31.4 Å². The fraction of sp³-hybridized carbons (Fsp3) is 0.400. The number of rotatable bonds is 4. The molecule has 0 saturated carbocycles. The van der Waals surface area contributed by atoms with Gasteiger partial charge in [0.05, 0.1) is 11.2 Å². The number of aromatic nitrogens is 2. The van der Waals surface area contributed by atoms with Crippen LogP contribution in [0.4, 0.5) is 4.79 Å². The Bertz CT molecular complexity index is 774. The maximum Gasteiger partial charge on any atom is 0.419 e. The summed E-state index contributed by atoms with van der Waals surface area (Å²) in [4.78, 5) is 27.9. The van der Waals surface area contributed by atoms with Gasteiger partial charge in [0.1, 0.15) is 11.3 Å². The van der Waals surface area contributed by atoms with E-state index in [0.717, 1.165) is 5.39 Å². The first kappa shape index (κ1) is 14.7. The van der Waals surface area contributed by atoms with Crippen LogP contribution in [-0.2, 0) is 19.8 Å². The third kappa shape index (κ3) is 1.86. The van der Waals surface area contributed by atoms with Crippen molar-refractivity contribution in [2.75, 3.05) is 14.2 Å². The fourth-order valence-corrected chi connectivity index (χ4v) is 2.94. The Morgan fingerprint density at radius 2 is 2.05 bits per heavy atom. The normalized spacial score (nSPS) is 16.1. The largest absolute Gasteiger partial charge is 0.438 e. The van der Waals surface area contributed by atoms with Crippen LogP contribution >= 0.6 is 0 Å². The molecule has 0 radical (unpaired) electrons. The van der Waals surface area contributed by atoms with Crippen LogP contribution in [0.15, 0.2) is 12.3 Å². The number of cyclic esters (lactones) is 1. The lowest BCUT2D eigenvalue weighted by Gasteiger charge is -2.32. The molecule has 1 aliphatic rings. The standard InChI is InChI=1S/C15H16N2O5/c1-15(2)11-9(7-18)16-6-8-5-10(13(20-3)21-4)17(12(8)11)14(19)22-15/h5-7,13H,1-4H3. The van der Waals surface area contributed by atoms with Crippen LogP contribution in [0.5, 0.6) is 0 Å². The molecule has 0 unspecified atom stereocenters. The summed E-state index contributed by atoms with van der Waals surface area (Å²) in [6.07, 6.45) is 0.953. The van der Waals surface area contributed by atoms with Gasteiger partial charge >= 0.3 is 6.09 Å². The molecule has 0 amide bonds. The molecule has 1 aliphatic heterocycles. The van der Waals surface area contributed by atoms with Crippen molar-refractivity contribution >= 4 is 23.3 Å². The quantitative estimate of drug-likeness (QED) is 0.637. The van der Waals surface area contributed by atoms with Gasteiger partial charge in [0.25, 0.3) is 0 Å². The van der Waals surface area contributed by atoms with Gasteiger partial charge in [-0.2, -0.15) is 0 Å². The highest BCUT2D eigenvalue weighted by atomic mass is 16.7. The summed E-state index contributed by atoms with van der Waals surface area (Å²) in [7, 11) is 2.96. The molecule has 0 fully saturated rings. The van der Waals surface area contributed by atoms with E-state index in [2.05, 4.69) is 4.98 Å². The van der Waals surface area contributed by atoms with E-state index >= 15 is 0 Å². The number of methoxy groups -OCH3 is 2. The molecule has 0 atom stereocenters. The molecule has 0 spiro atoms. The molecule has 3 rings (SSSR count). The van der Waals surface area contributed by atoms with Crippen LogP contribution < -0.4 is 0 Å². The Morgan fingerprint density at radius 1 is 1.36 bits per heavy atom. The molecule has 0 aromatic carbocycles. The number of carbonyl (C=O) groups is 2. The monoisotopic (exact) mass is 304 g/mol. The summed E-state index contributed by atoms with van der Waals surface area (Å²) < 4.78 is 17.3. The third-order valence-corrected chi connectivity index (χ3v) is 3.80. The summed E-state index contributed by atoms with van der Waals surface area (Å²) in [5.41, 5.74) is 0.985. The maximum atomic E-state index is 12.4. The number of nitrogens with zero attached hydrogens (tertiary/aromatic N) is 2. The average Bonchev–Trinajstić information content (AvgIpc) is 2.85. The maximum absolute atomic E-state index is 12.4. The van der Waals surface area contributed by atoms with E-state index < -0.39 is 18.0 Å². The molecular weight excluding hydrogens is 288 g/mol. The van der Waals surface area contributed by atoms with E-state index in [9.17, 15) is 9.59 Å². The number of pyridine rings is 1. The molecule has 22 heavy (non-hydrogen) atoms. The van der Waals surface area contributed by atoms with Crippen molar-refractivity contribution < 1.29 is 23.8 Å².